The van der Waals surface area contributed by atoms with Crippen LogP contribution in [0.1, 0.15) is 18.5 Å². The smallest absolute Gasteiger partial charge is 0.141 e. The molecule has 4 heteroatoms. The van der Waals surface area contributed by atoms with Crippen molar-refractivity contribution in [3.8, 4) is 0 Å². The molecule has 2 nitrogen and oxygen atoms in total. The van der Waals surface area contributed by atoms with Crippen LogP contribution in [0.15, 0.2) is 18.2 Å². The summed E-state index contributed by atoms with van der Waals surface area (Å²) in [6.07, 6.45) is 0. The Labute approximate surface area is 74.9 Å². The van der Waals surface area contributed by atoms with Gasteiger partial charge in [0.2, 0.25) is 0 Å². The highest BCUT2D eigenvalue weighted by Crippen LogP contribution is 2.19. The fourth-order valence-corrected chi connectivity index (χ4v) is 1.05. The second kappa shape index (κ2) is 3.85. The van der Waals surface area contributed by atoms with E-state index in [1.165, 1.54) is 12.1 Å². The molecule has 0 amide bonds. The van der Waals surface area contributed by atoms with E-state index in [1.807, 2.05) is 5.48 Å². The SMILES string of the molecule is C[C@@H](NO)c1ccc(F)c(Cl)c1. The van der Waals surface area contributed by atoms with Gasteiger partial charge in [0.05, 0.1) is 11.1 Å². The maximum Gasteiger partial charge on any atom is 0.141 e. The lowest BCUT2D eigenvalue weighted by Crippen LogP contribution is -2.12. The standard InChI is InChI=1S/C8H9ClFNO/c1-5(11-12)6-2-3-8(10)7(9)4-6/h2-5,11-12H,1H3/t5-/m1/s1. The van der Waals surface area contributed by atoms with Crippen LogP contribution in [-0.4, -0.2) is 5.21 Å². The molecule has 0 saturated carbocycles. The lowest BCUT2D eigenvalue weighted by atomic mass is 10.1. The second-order valence-corrected chi connectivity index (χ2v) is 2.93. The van der Waals surface area contributed by atoms with Gasteiger partial charge in [-0.15, -0.1) is 0 Å². The molecule has 0 fully saturated rings. The van der Waals surface area contributed by atoms with Crippen molar-refractivity contribution < 1.29 is 9.60 Å². The Morgan fingerprint density at radius 3 is 2.75 bits per heavy atom. The first-order valence-corrected chi connectivity index (χ1v) is 3.87. The van der Waals surface area contributed by atoms with Gasteiger partial charge in [-0.25, -0.2) is 4.39 Å². The summed E-state index contributed by atoms with van der Waals surface area (Å²) in [5, 5.41) is 8.63. The van der Waals surface area contributed by atoms with Crippen molar-refractivity contribution >= 4 is 11.6 Å². The largest absolute Gasteiger partial charge is 0.316 e. The van der Waals surface area contributed by atoms with E-state index < -0.39 is 5.82 Å². The van der Waals surface area contributed by atoms with Crippen molar-refractivity contribution in [3.63, 3.8) is 0 Å². The monoisotopic (exact) mass is 189 g/mol. The fourth-order valence-electron chi connectivity index (χ4n) is 0.856. The van der Waals surface area contributed by atoms with Crippen LogP contribution in [0.4, 0.5) is 4.39 Å². The first-order chi connectivity index (χ1) is 5.65. The quantitative estimate of drug-likeness (QED) is 0.701. The maximum atomic E-state index is 12.7. The molecule has 0 saturated heterocycles. The highest BCUT2D eigenvalue weighted by Gasteiger charge is 2.06. The Kier molecular flexibility index (Phi) is 3.03. The molecule has 0 radical (unpaired) electrons. The van der Waals surface area contributed by atoms with Crippen LogP contribution in [0.25, 0.3) is 0 Å². The minimum atomic E-state index is -0.453. The van der Waals surface area contributed by atoms with E-state index in [0.29, 0.717) is 0 Å². The average Bonchev–Trinajstić information content (AvgIpc) is 2.08. The Hall–Kier alpha value is -0.640. The third kappa shape index (κ3) is 1.94. The van der Waals surface area contributed by atoms with Crippen LogP contribution < -0.4 is 5.48 Å². The number of benzene rings is 1. The average molecular weight is 190 g/mol. The van der Waals surface area contributed by atoms with Gasteiger partial charge in [0.25, 0.3) is 0 Å². The normalized spacial score (nSPS) is 13.0. The number of halogens is 2. The molecule has 0 aliphatic heterocycles. The zero-order valence-electron chi connectivity index (χ0n) is 6.51. The Morgan fingerprint density at radius 2 is 2.25 bits per heavy atom. The Balaban J connectivity index is 2.96. The third-order valence-corrected chi connectivity index (χ3v) is 1.93. The van der Waals surface area contributed by atoms with E-state index in [9.17, 15) is 4.39 Å². The highest BCUT2D eigenvalue weighted by atomic mass is 35.5. The van der Waals surface area contributed by atoms with Crippen LogP contribution in [0.2, 0.25) is 5.02 Å². The first kappa shape index (κ1) is 9.45. The molecular weight excluding hydrogens is 181 g/mol. The molecule has 0 aliphatic rings. The molecule has 1 aromatic rings. The van der Waals surface area contributed by atoms with Crippen molar-refractivity contribution in [2.75, 3.05) is 0 Å². The van der Waals surface area contributed by atoms with Gasteiger partial charge in [-0.05, 0) is 24.6 Å². The summed E-state index contributed by atoms with van der Waals surface area (Å²) in [6, 6.07) is 4.06. The summed E-state index contributed by atoms with van der Waals surface area (Å²) in [5.41, 5.74) is 2.79. The summed E-state index contributed by atoms with van der Waals surface area (Å²) >= 11 is 5.53. The van der Waals surface area contributed by atoms with Gasteiger partial charge < -0.3 is 5.21 Å². The molecule has 1 aromatic carbocycles. The third-order valence-electron chi connectivity index (χ3n) is 1.64. The van der Waals surface area contributed by atoms with Crippen LogP contribution in [0, 0.1) is 5.82 Å². The molecule has 0 unspecified atom stereocenters. The number of nitrogens with one attached hydrogen (secondary N) is 1. The van der Waals surface area contributed by atoms with Gasteiger partial charge >= 0.3 is 0 Å². The van der Waals surface area contributed by atoms with Gasteiger partial charge in [-0.2, -0.15) is 5.48 Å². The van der Waals surface area contributed by atoms with Crippen molar-refractivity contribution in [2.24, 2.45) is 0 Å². The molecule has 2 N–H and O–H groups in total. The van der Waals surface area contributed by atoms with Gasteiger partial charge in [0.1, 0.15) is 5.82 Å². The molecule has 1 rings (SSSR count). The van der Waals surface area contributed by atoms with Crippen LogP contribution in [-0.2, 0) is 0 Å². The summed E-state index contributed by atoms with van der Waals surface area (Å²) in [5.74, 6) is -0.453. The molecular formula is C8H9ClFNO. The summed E-state index contributed by atoms with van der Waals surface area (Å²) < 4.78 is 12.7. The highest BCUT2D eigenvalue weighted by molar-refractivity contribution is 6.30. The van der Waals surface area contributed by atoms with E-state index in [2.05, 4.69) is 0 Å². The topological polar surface area (TPSA) is 32.3 Å². The number of hydroxylamine groups is 1. The fraction of sp³-hybridized carbons (Fsp3) is 0.250. The maximum absolute atomic E-state index is 12.7. The van der Waals surface area contributed by atoms with Crippen molar-refractivity contribution in [1.82, 2.24) is 5.48 Å². The van der Waals surface area contributed by atoms with E-state index in [-0.39, 0.29) is 11.1 Å². The predicted octanol–water partition coefficient (Wildman–Crippen LogP) is 2.52. The van der Waals surface area contributed by atoms with Crippen molar-refractivity contribution in [3.05, 3.63) is 34.6 Å². The molecule has 0 aliphatic carbocycles. The first-order valence-electron chi connectivity index (χ1n) is 3.49. The number of hydrogen-bond acceptors (Lipinski definition) is 2. The Morgan fingerprint density at radius 1 is 1.58 bits per heavy atom. The summed E-state index contributed by atoms with van der Waals surface area (Å²) in [4.78, 5) is 0. The number of rotatable bonds is 2. The Bertz CT molecular complexity index is 280. The molecule has 1 atom stereocenters. The summed E-state index contributed by atoms with van der Waals surface area (Å²) in [7, 11) is 0. The lowest BCUT2D eigenvalue weighted by molar-refractivity contribution is 0.133. The van der Waals surface area contributed by atoms with Crippen LogP contribution in [0.5, 0.6) is 0 Å². The molecule has 0 heterocycles. The molecule has 0 bridgehead atoms. The van der Waals surface area contributed by atoms with Gasteiger partial charge in [0, 0.05) is 0 Å². The van der Waals surface area contributed by atoms with E-state index in [4.69, 9.17) is 16.8 Å². The summed E-state index contributed by atoms with van der Waals surface area (Å²) in [6.45, 7) is 1.74. The van der Waals surface area contributed by atoms with E-state index in [1.54, 1.807) is 13.0 Å². The zero-order chi connectivity index (χ0) is 9.14. The number of hydrogen-bond donors (Lipinski definition) is 2. The van der Waals surface area contributed by atoms with Crippen molar-refractivity contribution in [1.29, 1.82) is 0 Å². The van der Waals surface area contributed by atoms with E-state index in [0.717, 1.165) is 5.56 Å². The molecule has 0 aromatic heterocycles. The van der Waals surface area contributed by atoms with Crippen molar-refractivity contribution in [2.45, 2.75) is 13.0 Å². The zero-order valence-corrected chi connectivity index (χ0v) is 7.27. The van der Waals surface area contributed by atoms with Gasteiger partial charge in [-0.1, -0.05) is 17.7 Å². The molecule has 66 valence electrons. The minimum absolute atomic E-state index is 0.0644. The van der Waals surface area contributed by atoms with Crippen LogP contribution >= 0.6 is 11.6 Å². The molecule has 12 heavy (non-hydrogen) atoms. The minimum Gasteiger partial charge on any atom is -0.316 e. The second-order valence-electron chi connectivity index (χ2n) is 2.52. The van der Waals surface area contributed by atoms with E-state index >= 15 is 0 Å². The van der Waals surface area contributed by atoms with Gasteiger partial charge in [-0.3, -0.25) is 0 Å². The predicted molar refractivity (Wildman–Crippen MR) is 44.7 cm³/mol. The molecule has 0 spiro atoms. The van der Waals surface area contributed by atoms with Gasteiger partial charge in [0.15, 0.2) is 0 Å². The van der Waals surface area contributed by atoms with Crippen LogP contribution in [0.3, 0.4) is 0 Å². The lowest BCUT2D eigenvalue weighted by Gasteiger charge is -2.09.